The second-order valence-corrected chi connectivity index (χ2v) is 5.32. The second-order valence-electron chi connectivity index (χ2n) is 5.32. The zero-order valence-corrected chi connectivity index (χ0v) is 12.7. The number of rotatable bonds is 7. The van der Waals surface area contributed by atoms with Crippen LogP contribution in [0, 0.1) is 5.92 Å². The van der Waals surface area contributed by atoms with Crippen LogP contribution in [0.15, 0.2) is 0 Å². The third-order valence-corrected chi connectivity index (χ3v) is 3.12. The van der Waals surface area contributed by atoms with Gasteiger partial charge in [-0.25, -0.2) is 0 Å². The van der Waals surface area contributed by atoms with Gasteiger partial charge in [0.2, 0.25) is 5.91 Å². The largest absolute Gasteiger partial charge is 0.355 e. The van der Waals surface area contributed by atoms with Gasteiger partial charge in [0.05, 0.1) is 6.54 Å². The summed E-state index contributed by atoms with van der Waals surface area (Å²) in [6.07, 6.45) is 2.27. The van der Waals surface area contributed by atoms with Crippen LogP contribution in [-0.4, -0.2) is 49.6 Å². The number of nitrogens with one attached hydrogen (secondary N) is 2. The lowest BCUT2D eigenvalue weighted by atomic mass is 10.2. The SMILES string of the molecule is CCCN(CC(=O)NCC(C)C)C1CCNC1.Cl. The lowest BCUT2D eigenvalue weighted by Gasteiger charge is -2.27. The van der Waals surface area contributed by atoms with E-state index in [9.17, 15) is 4.79 Å². The standard InChI is InChI=1S/C13H27N3O.ClH/c1-4-7-16(12-5-6-14-9-12)10-13(17)15-8-11(2)3;/h11-12,14H,4-10H2,1-3H3,(H,15,17);1H. The Labute approximate surface area is 117 Å². The summed E-state index contributed by atoms with van der Waals surface area (Å²) in [6, 6.07) is 0.541. The van der Waals surface area contributed by atoms with Gasteiger partial charge < -0.3 is 10.6 Å². The van der Waals surface area contributed by atoms with Crippen molar-refractivity contribution in [2.75, 3.05) is 32.7 Å². The van der Waals surface area contributed by atoms with E-state index in [1.807, 2.05) is 0 Å². The van der Waals surface area contributed by atoms with Crippen molar-refractivity contribution in [2.24, 2.45) is 5.92 Å². The maximum absolute atomic E-state index is 11.8. The molecule has 1 aliphatic rings. The highest BCUT2D eigenvalue weighted by molar-refractivity contribution is 5.85. The van der Waals surface area contributed by atoms with Gasteiger partial charge in [0.15, 0.2) is 0 Å². The smallest absolute Gasteiger partial charge is 0.234 e. The normalized spacial score (nSPS) is 19.1. The molecule has 0 aromatic heterocycles. The lowest BCUT2D eigenvalue weighted by molar-refractivity contribution is -0.122. The maximum atomic E-state index is 11.8. The van der Waals surface area contributed by atoms with E-state index in [1.54, 1.807) is 0 Å². The Kier molecular flexibility index (Phi) is 9.42. The van der Waals surface area contributed by atoms with E-state index in [0.717, 1.165) is 39.0 Å². The fourth-order valence-corrected chi connectivity index (χ4v) is 2.19. The van der Waals surface area contributed by atoms with Crippen LogP contribution in [0.1, 0.15) is 33.6 Å². The topological polar surface area (TPSA) is 44.4 Å². The molecule has 0 radical (unpaired) electrons. The summed E-state index contributed by atoms with van der Waals surface area (Å²) in [5, 5.41) is 6.35. The molecule has 1 unspecified atom stereocenters. The summed E-state index contributed by atoms with van der Waals surface area (Å²) >= 11 is 0. The molecule has 0 aromatic carbocycles. The van der Waals surface area contributed by atoms with Crippen molar-refractivity contribution < 1.29 is 4.79 Å². The second kappa shape index (κ2) is 9.59. The van der Waals surface area contributed by atoms with Gasteiger partial charge in [0, 0.05) is 19.1 Å². The number of hydrogen-bond acceptors (Lipinski definition) is 3. The molecule has 0 aliphatic carbocycles. The van der Waals surface area contributed by atoms with Crippen molar-refractivity contribution >= 4 is 18.3 Å². The van der Waals surface area contributed by atoms with Gasteiger partial charge in [-0.3, -0.25) is 9.69 Å². The maximum Gasteiger partial charge on any atom is 0.234 e. The zero-order chi connectivity index (χ0) is 12.7. The number of nitrogens with zero attached hydrogens (tertiary/aromatic N) is 1. The Morgan fingerprint density at radius 2 is 2.22 bits per heavy atom. The van der Waals surface area contributed by atoms with Gasteiger partial charge in [-0.15, -0.1) is 12.4 Å². The molecule has 1 rings (SSSR count). The van der Waals surface area contributed by atoms with Gasteiger partial charge in [-0.2, -0.15) is 0 Å². The van der Waals surface area contributed by atoms with Crippen LogP contribution in [0.2, 0.25) is 0 Å². The molecule has 1 aliphatic heterocycles. The Bertz CT molecular complexity index is 230. The van der Waals surface area contributed by atoms with Crippen LogP contribution >= 0.6 is 12.4 Å². The summed E-state index contributed by atoms with van der Waals surface area (Å²) in [5.41, 5.74) is 0. The minimum absolute atomic E-state index is 0. The number of carbonyl (C=O) groups is 1. The van der Waals surface area contributed by atoms with Crippen LogP contribution in [-0.2, 0) is 4.79 Å². The van der Waals surface area contributed by atoms with Crippen LogP contribution < -0.4 is 10.6 Å². The number of amides is 1. The summed E-state index contributed by atoms with van der Waals surface area (Å²) in [7, 11) is 0. The van der Waals surface area contributed by atoms with E-state index in [1.165, 1.54) is 0 Å². The molecule has 0 saturated carbocycles. The number of hydrogen-bond donors (Lipinski definition) is 2. The molecule has 0 aromatic rings. The quantitative estimate of drug-likeness (QED) is 0.736. The van der Waals surface area contributed by atoms with Crippen molar-refractivity contribution in [1.82, 2.24) is 15.5 Å². The Balaban J connectivity index is 0.00000289. The van der Waals surface area contributed by atoms with E-state index >= 15 is 0 Å². The molecule has 1 fully saturated rings. The molecule has 1 heterocycles. The summed E-state index contributed by atoms with van der Waals surface area (Å²) in [6.45, 7) is 10.9. The lowest BCUT2D eigenvalue weighted by Crippen LogP contribution is -2.44. The van der Waals surface area contributed by atoms with Gasteiger partial charge in [-0.05, 0) is 31.8 Å². The highest BCUT2D eigenvalue weighted by atomic mass is 35.5. The van der Waals surface area contributed by atoms with Crippen LogP contribution in [0.25, 0.3) is 0 Å². The van der Waals surface area contributed by atoms with Crippen molar-refractivity contribution in [3.8, 4) is 0 Å². The highest BCUT2D eigenvalue weighted by Crippen LogP contribution is 2.08. The fraction of sp³-hybridized carbons (Fsp3) is 0.923. The predicted molar refractivity (Wildman–Crippen MR) is 78.2 cm³/mol. The molecule has 1 amide bonds. The summed E-state index contributed by atoms with van der Waals surface area (Å²) in [4.78, 5) is 14.1. The Morgan fingerprint density at radius 3 is 2.72 bits per heavy atom. The minimum atomic E-state index is 0. The molecule has 108 valence electrons. The predicted octanol–water partition coefficient (Wildman–Crippen LogP) is 1.25. The first-order chi connectivity index (χ1) is 8.13. The van der Waals surface area contributed by atoms with Crippen molar-refractivity contribution in [2.45, 2.75) is 39.7 Å². The van der Waals surface area contributed by atoms with E-state index in [4.69, 9.17) is 0 Å². The molecule has 1 saturated heterocycles. The van der Waals surface area contributed by atoms with E-state index < -0.39 is 0 Å². The van der Waals surface area contributed by atoms with Gasteiger partial charge in [0.1, 0.15) is 0 Å². The minimum Gasteiger partial charge on any atom is -0.355 e. The average Bonchev–Trinajstić information content (AvgIpc) is 2.79. The third-order valence-electron chi connectivity index (χ3n) is 3.12. The number of carbonyl (C=O) groups excluding carboxylic acids is 1. The Morgan fingerprint density at radius 1 is 1.50 bits per heavy atom. The van der Waals surface area contributed by atoms with Crippen molar-refractivity contribution in [3.63, 3.8) is 0 Å². The summed E-state index contributed by atoms with van der Waals surface area (Å²) < 4.78 is 0. The molecule has 0 spiro atoms. The molecule has 0 bridgehead atoms. The molecule has 18 heavy (non-hydrogen) atoms. The Hall–Kier alpha value is -0.320. The first-order valence-corrected chi connectivity index (χ1v) is 6.85. The average molecular weight is 278 g/mol. The first kappa shape index (κ1) is 17.7. The fourth-order valence-electron chi connectivity index (χ4n) is 2.19. The third kappa shape index (κ3) is 6.57. The molecule has 2 N–H and O–H groups in total. The molecular weight excluding hydrogens is 250 g/mol. The van der Waals surface area contributed by atoms with Crippen LogP contribution in [0.4, 0.5) is 0 Å². The van der Waals surface area contributed by atoms with Gasteiger partial charge >= 0.3 is 0 Å². The van der Waals surface area contributed by atoms with E-state index in [0.29, 0.717) is 18.5 Å². The van der Waals surface area contributed by atoms with Crippen LogP contribution in [0.5, 0.6) is 0 Å². The first-order valence-electron chi connectivity index (χ1n) is 6.85. The van der Waals surface area contributed by atoms with Gasteiger partial charge in [-0.1, -0.05) is 20.8 Å². The van der Waals surface area contributed by atoms with Crippen molar-refractivity contribution in [1.29, 1.82) is 0 Å². The monoisotopic (exact) mass is 277 g/mol. The summed E-state index contributed by atoms with van der Waals surface area (Å²) in [5.74, 6) is 0.686. The van der Waals surface area contributed by atoms with Crippen molar-refractivity contribution in [3.05, 3.63) is 0 Å². The van der Waals surface area contributed by atoms with Gasteiger partial charge in [0.25, 0.3) is 0 Å². The van der Waals surface area contributed by atoms with E-state index in [2.05, 4.69) is 36.3 Å². The zero-order valence-electron chi connectivity index (χ0n) is 11.9. The highest BCUT2D eigenvalue weighted by Gasteiger charge is 2.23. The molecule has 1 atom stereocenters. The molecule has 5 heteroatoms. The molecular formula is C13H28ClN3O. The van der Waals surface area contributed by atoms with Crippen LogP contribution in [0.3, 0.4) is 0 Å². The molecule has 4 nitrogen and oxygen atoms in total. The number of halogens is 1. The van der Waals surface area contributed by atoms with E-state index in [-0.39, 0.29) is 18.3 Å².